The Kier molecular flexibility index (Phi) is 6.27. The lowest BCUT2D eigenvalue weighted by atomic mass is 10.1. The minimum Gasteiger partial charge on any atom is -0.492 e. The van der Waals surface area contributed by atoms with Gasteiger partial charge in [-0.25, -0.2) is 8.42 Å². The number of carbonyl (C=O) groups excluding carboxylic acids is 1. The van der Waals surface area contributed by atoms with Gasteiger partial charge in [0.15, 0.2) is 0 Å². The fourth-order valence-corrected chi connectivity index (χ4v) is 4.96. The van der Waals surface area contributed by atoms with Gasteiger partial charge in [-0.05, 0) is 62.6 Å². The molecule has 1 heterocycles. The molecule has 2 aromatic rings. The SMILES string of the molecule is CCOc1ccc(C(=O)Nc2cc(Cl)ccc2C)cc1S(=O)(=O)N1CCCC1. The summed E-state index contributed by atoms with van der Waals surface area (Å²) >= 11 is 6.01. The van der Waals surface area contributed by atoms with Crippen LogP contribution in [0.2, 0.25) is 5.02 Å². The third-order valence-electron chi connectivity index (χ3n) is 4.64. The predicted octanol–water partition coefficient (Wildman–Crippen LogP) is 4.08. The van der Waals surface area contributed by atoms with Gasteiger partial charge in [0.2, 0.25) is 10.0 Å². The highest BCUT2D eigenvalue weighted by atomic mass is 35.5. The van der Waals surface area contributed by atoms with Crippen LogP contribution in [0.5, 0.6) is 5.75 Å². The van der Waals surface area contributed by atoms with E-state index in [9.17, 15) is 13.2 Å². The Morgan fingerprint density at radius 3 is 2.57 bits per heavy atom. The van der Waals surface area contributed by atoms with Gasteiger partial charge in [-0.15, -0.1) is 0 Å². The molecule has 0 bridgehead atoms. The molecule has 8 heteroatoms. The van der Waals surface area contributed by atoms with Crippen molar-refractivity contribution in [3.05, 3.63) is 52.5 Å². The summed E-state index contributed by atoms with van der Waals surface area (Å²) in [6, 6.07) is 9.68. The smallest absolute Gasteiger partial charge is 0.255 e. The van der Waals surface area contributed by atoms with E-state index < -0.39 is 15.9 Å². The highest BCUT2D eigenvalue weighted by Gasteiger charge is 2.30. The first kappa shape index (κ1) is 20.6. The number of ether oxygens (including phenoxy) is 1. The van der Waals surface area contributed by atoms with Gasteiger partial charge in [0.25, 0.3) is 5.91 Å². The van der Waals surface area contributed by atoms with E-state index in [-0.39, 0.29) is 16.2 Å². The number of amides is 1. The van der Waals surface area contributed by atoms with Crippen molar-refractivity contribution >= 4 is 33.2 Å². The zero-order chi connectivity index (χ0) is 20.3. The number of hydrogen-bond acceptors (Lipinski definition) is 4. The van der Waals surface area contributed by atoms with Crippen LogP contribution in [0.1, 0.15) is 35.7 Å². The number of benzene rings is 2. The van der Waals surface area contributed by atoms with Crippen molar-refractivity contribution in [2.24, 2.45) is 0 Å². The molecule has 28 heavy (non-hydrogen) atoms. The van der Waals surface area contributed by atoms with Crippen LogP contribution < -0.4 is 10.1 Å². The van der Waals surface area contributed by atoms with Crippen molar-refractivity contribution in [1.82, 2.24) is 4.31 Å². The first-order valence-corrected chi connectivity index (χ1v) is 11.0. The molecule has 0 radical (unpaired) electrons. The molecule has 1 aliphatic heterocycles. The normalized spacial score (nSPS) is 14.8. The molecule has 6 nitrogen and oxygen atoms in total. The molecular formula is C20H23ClN2O4S. The van der Waals surface area contributed by atoms with Crippen LogP contribution in [0.3, 0.4) is 0 Å². The highest BCUT2D eigenvalue weighted by Crippen LogP contribution is 2.30. The largest absolute Gasteiger partial charge is 0.492 e. The molecule has 2 aromatic carbocycles. The molecule has 0 unspecified atom stereocenters. The molecule has 3 rings (SSSR count). The lowest BCUT2D eigenvalue weighted by Crippen LogP contribution is -2.28. The lowest BCUT2D eigenvalue weighted by Gasteiger charge is -2.19. The molecule has 1 aliphatic rings. The van der Waals surface area contributed by atoms with Gasteiger partial charge in [0, 0.05) is 29.4 Å². The number of nitrogens with one attached hydrogen (secondary N) is 1. The van der Waals surface area contributed by atoms with E-state index in [4.69, 9.17) is 16.3 Å². The van der Waals surface area contributed by atoms with Gasteiger partial charge in [-0.3, -0.25) is 4.79 Å². The van der Waals surface area contributed by atoms with Crippen LogP contribution in [-0.4, -0.2) is 38.3 Å². The van der Waals surface area contributed by atoms with Gasteiger partial charge in [-0.1, -0.05) is 17.7 Å². The van der Waals surface area contributed by atoms with E-state index in [0.29, 0.717) is 30.4 Å². The van der Waals surface area contributed by atoms with E-state index in [1.165, 1.54) is 16.4 Å². The van der Waals surface area contributed by atoms with E-state index >= 15 is 0 Å². The highest BCUT2D eigenvalue weighted by molar-refractivity contribution is 7.89. The molecule has 0 atom stereocenters. The summed E-state index contributed by atoms with van der Waals surface area (Å²) in [5.74, 6) is -0.156. The Bertz CT molecular complexity index is 986. The zero-order valence-corrected chi connectivity index (χ0v) is 17.4. The topological polar surface area (TPSA) is 75.7 Å². The van der Waals surface area contributed by atoms with Crippen molar-refractivity contribution in [3.8, 4) is 5.75 Å². The number of sulfonamides is 1. The van der Waals surface area contributed by atoms with E-state index in [0.717, 1.165) is 18.4 Å². The summed E-state index contributed by atoms with van der Waals surface area (Å²) in [7, 11) is -3.73. The maximum atomic E-state index is 13.1. The molecule has 0 spiro atoms. The number of carbonyl (C=O) groups is 1. The van der Waals surface area contributed by atoms with Crippen LogP contribution in [0.4, 0.5) is 5.69 Å². The minimum absolute atomic E-state index is 0.0201. The number of halogens is 1. The van der Waals surface area contributed by atoms with Crippen LogP contribution in [-0.2, 0) is 10.0 Å². The maximum absolute atomic E-state index is 13.1. The van der Waals surface area contributed by atoms with Gasteiger partial charge < -0.3 is 10.1 Å². The minimum atomic E-state index is -3.73. The monoisotopic (exact) mass is 422 g/mol. The predicted molar refractivity (Wildman–Crippen MR) is 110 cm³/mol. The number of rotatable bonds is 6. The Hall–Kier alpha value is -2.09. The van der Waals surface area contributed by atoms with E-state index in [1.807, 2.05) is 6.92 Å². The summed E-state index contributed by atoms with van der Waals surface area (Å²) < 4.78 is 33.1. The number of nitrogens with zero attached hydrogens (tertiary/aromatic N) is 1. The second-order valence-corrected chi connectivity index (χ2v) is 8.96. The molecule has 0 saturated carbocycles. The summed E-state index contributed by atoms with van der Waals surface area (Å²) in [6.07, 6.45) is 1.66. The van der Waals surface area contributed by atoms with Gasteiger partial charge in [0.05, 0.1) is 6.61 Å². The molecule has 0 aromatic heterocycles. The quantitative estimate of drug-likeness (QED) is 0.760. The zero-order valence-electron chi connectivity index (χ0n) is 15.9. The average molecular weight is 423 g/mol. The Balaban J connectivity index is 1.96. The number of hydrogen-bond donors (Lipinski definition) is 1. The van der Waals surface area contributed by atoms with Crippen LogP contribution in [0.25, 0.3) is 0 Å². The van der Waals surface area contributed by atoms with Crippen LogP contribution >= 0.6 is 11.6 Å². The van der Waals surface area contributed by atoms with Gasteiger partial charge >= 0.3 is 0 Å². The molecule has 1 saturated heterocycles. The third-order valence-corrected chi connectivity index (χ3v) is 6.79. The molecule has 0 aliphatic carbocycles. The lowest BCUT2D eigenvalue weighted by molar-refractivity contribution is 0.102. The van der Waals surface area contributed by atoms with Crippen molar-refractivity contribution in [2.45, 2.75) is 31.6 Å². The van der Waals surface area contributed by atoms with Gasteiger partial charge in [-0.2, -0.15) is 4.31 Å². The summed E-state index contributed by atoms with van der Waals surface area (Å²) in [5, 5.41) is 3.30. The van der Waals surface area contributed by atoms with Crippen LogP contribution in [0.15, 0.2) is 41.3 Å². The maximum Gasteiger partial charge on any atom is 0.255 e. The number of anilines is 1. The Morgan fingerprint density at radius 2 is 1.89 bits per heavy atom. The molecule has 1 amide bonds. The summed E-state index contributed by atoms with van der Waals surface area (Å²) in [6.45, 7) is 4.93. The van der Waals surface area contributed by atoms with E-state index in [2.05, 4.69) is 5.32 Å². The van der Waals surface area contributed by atoms with E-state index in [1.54, 1.807) is 31.2 Å². The first-order chi connectivity index (χ1) is 13.3. The van der Waals surface area contributed by atoms with Crippen molar-refractivity contribution in [3.63, 3.8) is 0 Å². The van der Waals surface area contributed by atoms with Crippen molar-refractivity contribution in [2.75, 3.05) is 25.0 Å². The second-order valence-electron chi connectivity index (χ2n) is 6.62. The Morgan fingerprint density at radius 1 is 1.18 bits per heavy atom. The van der Waals surface area contributed by atoms with Crippen LogP contribution in [0, 0.1) is 6.92 Å². The molecule has 150 valence electrons. The third kappa shape index (κ3) is 4.32. The Labute approximate surface area is 170 Å². The first-order valence-electron chi connectivity index (χ1n) is 9.17. The fraction of sp³-hybridized carbons (Fsp3) is 0.350. The summed E-state index contributed by atoms with van der Waals surface area (Å²) in [5.41, 5.74) is 1.67. The standard InChI is InChI=1S/C20H23ClN2O4S/c1-3-27-18-9-7-15(12-19(18)28(25,26)23-10-4-5-11-23)20(24)22-17-13-16(21)8-6-14(17)2/h6-9,12-13H,3-5,10-11H2,1-2H3,(H,22,24). The molecule has 1 fully saturated rings. The summed E-state index contributed by atoms with van der Waals surface area (Å²) in [4.78, 5) is 12.8. The number of aryl methyl sites for hydroxylation is 1. The molecule has 1 N–H and O–H groups in total. The fourth-order valence-electron chi connectivity index (χ4n) is 3.12. The molecular weight excluding hydrogens is 400 g/mol. The average Bonchev–Trinajstić information content (AvgIpc) is 3.21. The van der Waals surface area contributed by atoms with Gasteiger partial charge in [0.1, 0.15) is 10.6 Å². The van der Waals surface area contributed by atoms with Crippen molar-refractivity contribution < 1.29 is 17.9 Å². The second kappa shape index (κ2) is 8.51. The van der Waals surface area contributed by atoms with Crippen molar-refractivity contribution in [1.29, 1.82) is 0 Å².